The third-order valence-corrected chi connectivity index (χ3v) is 2.05. The highest BCUT2D eigenvalue weighted by Crippen LogP contribution is 2.08. The Morgan fingerprint density at radius 1 is 1.44 bits per heavy atom. The fourth-order valence-corrected chi connectivity index (χ4v) is 1.41. The van der Waals surface area contributed by atoms with Crippen molar-refractivity contribution in [2.24, 2.45) is 0 Å². The van der Waals surface area contributed by atoms with Gasteiger partial charge in [-0.05, 0) is 27.2 Å². The zero-order valence-corrected chi connectivity index (χ0v) is 9.74. The Bertz CT molecular complexity index is 285. The highest BCUT2D eigenvalue weighted by molar-refractivity contribution is 5.95. The van der Waals surface area contributed by atoms with Gasteiger partial charge in [-0.15, -0.1) is 0 Å². The summed E-state index contributed by atoms with van der Waals surface area (Å²) in [4.78, 5) is 22.8. The molecule has 0 aromatic carbocycles. The minimum Gasteiger partial charge on any atom is -0.444 e. The van der Waals surface area contributed by atoms with Gasteiger partial charge in [-0.25, -0.2) is 4.79 Å². The van der Waals surface area contributed by atoms with Crippen molar-refractivity contribution in [2.45, 2.75) is 44.9 Å². The van der Waals surface area contributed by atoms with Gasteiger partial charge in [0.15, 0.2) is 0 Å². The van der Waals surface area contributed by atoms with Crippen LogP contribution >= 0.6 is 0 Å². The zero-order chi connectivity index (χ0) is 12.3. The van der Waals surface area contributed by atoms with E-state index in [0.717, 1.165) is 0 Å². The van der Waals surface area contributed by atoms with Crippen LogP contribution in [0.3, 0.4) is 0 Å². The van der Waals surface area contributed by atoms with E-state index in [-0.39, 0.29) is 0 Å². The molecule has 0 radical (unpaired) electrons. The van der Waals surface area contributed by atoms with Gasteiger partial charge >= 0.3 is 6.09 Å². The van der Waals surface area contributed by atoms with Crippen molar-refractivity contribution in [3.05, 3.63) is 0 Å². The van der Waals surface area contributed by atoms with Gasteiger partial charge in [0.1, 0.15) is 5.60 Å². The molecule has 1 heterocycles. The molecule has 16 heavy (non-hydrogen) atoms. The Balaban J connectivity index is 2.37. The molecule has 1 aliphatic rings. The quantitative estimate of drug-likeness (QED) is 0.578. The molecule has 1 saturated heterocycles. The van der Waals surface area contributed by atoms with Gasteiger partial charge in [0.2, 0.25) is 5.91 Å². The van der Waals surface area contributed by atoms with Crippen molar-refractivity contribution < 1.29 is 19.4 Å². The van der Waals surface area contributed by atoms with Crippen LogP contribution in [0.2, 0.25) is 0 Å². The molecule has 0 saturated carbocycles. The highest BCUT2D eigenvalue weighted by Gasteiger charge is 2.30. The largest absolute Gasteiger partial charge is 0.444 e. The van der Waals surface area contributed by atoms with Gasteiger partial charge in [0.25, 0.3) is 0 Å². The van der Waals surface area contributed by atoms with Crippen molar-refractivity contribution in [1.29, 1.82) is 0 Å². The summed E-state index contributed by atoms with van der Waals surface area (Å²) in [6, 6.07) is -0.525. The third kappa shape index (κ3) is 4.16. The van der Waals surface area contributed by atoms with E-state index in [1.807, 2.05) is 0 Å². The van der Waals surface area contributed by atoms with Crippen molar-refractivity contribution >= 4 is 12.0 Å². The van der Waals surface area contributed by atoms with Crippen LogP contribution in [0.1, 0.15) is 27.2 Å². The second-order valence-electron chi connectivity index (χ2n) is 4.84. The van der Waals surface area contributed by atoms with Crippen LogP contribution in [0.25, 0.3) is 0 Å². The normalized spacial score (nSPS) is 25.2. The maximum Gasteiger partial charge on any atom is 0.414 e. The Morgan fingerprint density at radius 2 is 2.06 bits per heavy atom. The maximum absolute atomic E-state index is 11.5. The monoisotopic (exact) mass is 230 g/mol. The standard InChI is InChI=1S/C10H18N2O4/c1-10(2,3)16-9(15)12-8(14)7-4-6(13)5-11-7/h6-7,11,13H,4-5H2,1-3H3,(H,12,14,15)/t6-,7+/m1/s1. The van der Waals surface area contributed by atoms with Crippen molar-refractivity contribution in [3.63, 3.8) is 0 Å². The van der Waals surface area contributed by atoms with E-state index in [9.17, 15) is 14.7 Å². The van der Waals surface area contributed by atoms with Gasteiger partial charge < -0.3 is 15.2 Å². The number of carbonyl (C=O) groups is 2. The van der Waals surface area contributed by atoms with E-state index < -0.39 is 29.7 Å². The van der Waals surface area contributed by atoms with Crippen LogP contribution in [0.4, 0.5) is 4.79 Å². The number of nitrogens with one attached hydrogen (secondary N) is 2. The van der Waals surface area contributed by atoms with Crippen LogP contribution in [0, 0.1) is 0 Å². The first-order chi connectivity index (χ1) is 7.28. The third-order valence-electron chi connectivity index (χ3n) is 2.05. The Morgan fingerprint density at radius 3 is 2.50 bits per heavy atom. The molecule has 0 aromatic heterocycles. The summed E-state index contributed by atoms with van der Waals surface area (Å²) in [5.74, 6) is -0.467. The number of rotatable bonds is 1. The fraction of sp³-hybridized carbons (Fsp3) is 0.800. The molecule has 0 unspecified atom stereocenters. The smallest absolute Gasteiger partial charge is 0.414 e. The number of amides is 2. The van der Waals surface area contributed by atoms with Crippen LogP contribution in [-0.4, -0.2) is 41.4 Å². The number of carbonyl (C=O) groups excluding carboxylic acids is 2. The summed E-state index contributed by atoms with van der Waals surface area (Å²) in [7, 11) is 0. The summed E-state index contributed by atoms with van der Waals surface area (Å²) in [6.07, 6.45) is -0.982. The van der Waals surface area contributed by atoms with Gasteiger partial charge in [0, 0.05) is 6.54 Å². The van der Waals surface area contributed by atoms with E-state index in [1.165, 1.54) is 0 Å². The van der Waals surface area contributed by atoms with Crippen LogP contribution < -0.4 is 10.6 Å². The Hall–Kier alpha value is -1.14. The first-order valence-electron chi connectivity index (χ1n) is 5.23. The summed E-state index contributed by atoms with van der Waals surface area (Å²) < 4.78 is 4.93. The molecule has 3 N–H and O–H groups in total. The summed E-state index contributed by atoms with van der Waals surface area (Å²) in [5.41, 5.74) is -0.632. The average Bonchev–Trinajstić information content (AvgIpc) is 2.47. The summed E-state index contributed by atoms with van der Waals surface area (Å²) in [5, 5.41) is 14.1. The number of aliphatic hydroxyl groups excluding tert-OH is 1. The molecular formula is C10H18N2O4. The van der Waals surface area contributed by atoms with E-state index in [0.29, 0.717) is 13.0 Å². The molecule has 6 heteroatoms. The topological polar surface area (TPSA) is 87.7 Å². The molecule has 1 fully saturated rings. The molecule has 2 amide bonds. The van der Waals surface area contributed by atoms with Crippen LogP contribution in [0.15, 0.2) is 0 Å². The predicted molar refractivity (Wildman–Crippen MR) is 56.8 cm³/mol. The number of hydrogen-bond donors (Lipinski definition) is 3. The lowest BCUT2D eigenvalue weighted by Gasteiger charge is -2.20. The van der Waals surface area contributed by atoms with Gasteiger partial charge in [-0.1, -0.05) is 0 Å². The second kappa shape index (κ2) is 4.80. The van der Waals surface area contributed by atoms with Gasteiger partial charge in [0.05, 0.1) is 12.1 Å². The van der Waals surface area contributed by atoms with Crippen LogP contribution in [0.5, 0.6) is 0 Å². The molecule has 6 nitrogen and oxygen atoms in total. The molecule has 0 aromatic rings. The van der Waals surface area contributed by atoms with Crippen molar-refractivity contribution in [2.75, 3.05) is 6.54 Å². The number of β-amino-alcohol motifs (C(OH)–C–C–N with tert-alkyl or cyclic N) is 1. The number of alkyl carbamates (subject to hydrolysis) is 1. The molecule has 1 aliphatic heterocycles. The lowest BCUT2D eigenvalue weighted by atomic mass is 10.2. The SMILES string of the molecule is CC(C)(C)OC(=O)NC(=O)[C@@H]1C[C@@H](O)CN1. The van der Waals surface area contributed by atoms with Gasteiger partial charge in [-0.3, -0.25) is 10.1 Å². The number of aliphatic hydroxyl groups is 1. The van der Waals surface area contributed by atoms with E-state index in [1.54, 1.807) is 20.8 Å². The molecule has 92 valence electrons. The molecule has 0 aliphatic carbocycles. The minimum atomic E-state index is -0.763. The first kappa shape index (κ1) is 12.9. The lowest BCUT2D eigenvalue weighted by Crippen LogP contribution is -2.45. The second-order valence-corrected chi connectivity index (χ2v) is 4.84. The lowest BCUT2D eigenvalue weighted by molar-refractivity contribution is -0.122. The van der Waals surface area contributed by atoms with Gasteiger partial charge in [-0.2, -0.15) is 0 Å². The number of hydrogen-bond acceptors (Lipinski definition) is 5. The van der Waals surface area contributed by atoms with Crippen molar-refractivity contribution in [3.8, 4) is 0 Å². The fourth-order valence-electron chi connectivity index (χ4n) is 1.41. The molecule has 2 atom stereocenters. The molecule has 0 bridgehead atoms. The van der Waals surface area contributed by atoms with Crippen molar-refractivity contribution in [1.82, 2.24) is 10.6 Å². The van der Waals surface area contributed by atoms with E-state index >= 15 is 0 Å². The average molecular weight is 230 g/mol. The number of imide groups is 1. The Kier molecular flexibility index (Phi) is 3.88. The molecule has 0 spiro atoms. The number of ether oxygens (including phenoxy) is 1. The maximum atomic E-state index is 11.5. The molecule has 1 rings (SSSR count). The minimum absolute atomic E-state index is 0.314. The Labute approximate surface area is 94.3 Å². The van der Waals surface area contributed by atoms with E-state index in [4.69, 9.17) is 4.74 Å². The van der Waals surface area contributed by atoms with E-state index in [2.05, 4.69) is 10.6 Å². The van der Waals surface area contributed by atoms with Crippen LogP contribution in [-0.2, 0) is 9.53 Å². The summed E-state index contributed by atoms with van der Waals surface area (Å²) >= 11 is 0. The first-order valence-corrected chi connectivity index (χ1v) is 5.23. The zero-order valence-electron chi connectivity index (χ0n) is 9.74. The highest BCUT2D eigenvalue weighted by atomic mass is 16.6. The predicted octanol–water partition coefficient (Wildman–Crippen LogP) is -0.240. The molecular weight excluding hydrogens is 212 g/mol. The summed E-state index contributed by atoms with van der Waals surface area (Å²) in [6.45, 7) is 5.52.